The fourth-order valence-corrected chi connectivity index (χ4v) is 2.16. The predicted octanol–water partition coefficient (Wildman–Crippen LogP) is 2.46. The third-order valence-electron chi connectivity index (χ3n) is 3.47. The van der Waals surface area contributed by atoms with Gasteiger partial charge in [0.05, 0.1) is 22.8 Å². The highest BCUT2D eigenvalue weighted by molar-refractivity contribution is 6.14. The van der Waals surface area contributed by atoms with Crippen LogP contribution in [0.15, 0.2) is 18.2 Å². The molecule has 0 aliphatic rings. The van der Waals surface area contributed by atoms with E-state index in [1.807, 2.05) is 0 Å². The summed E-state index contributed by atoms with van der Waals surface area (Å²) in [6, 6.07) is 3.26. The Labute approximate surface area is 126 Å². The van der Waals surface area contributed by atoms with Crippen molar-refractivity contribution in [2.45, 2.75) is 20.3 Å². The molecule has 0 unspecified atom stereocenters. The molecular weight excluding hydrogens is 288 g/mol. The number of fused-ring (bicyclic) bond motifs is 1. The number of phenolic OH excluding ortho intramolecular Hbond substituents is 4. The van der Waals surface area contributed by atoms with Gasteiger partial charge in [0, 0.05) is 5.92 Å². The van der Waals surface area contributed by atoms with Gasteiger partial charge in [-0.2, -0.15) is 0 Å². The van der Waals surface area contributed by atoms with E-state index in [1.165, 1.54) is 0 Å². The first-order valence-electron chi connectivity index (χ1n) is 6.69. The van der Waals surface area contributed by atoms with Crippen LogP contribution in [0.2, 0.25) is 0 Å². The van der Waals surface area contributed by atoms with Gasteiger partial charge in [-0.1, -0.05) is 13.8 Å². The lowest BCUT2D eigenvalue weighted by Crippen LogP contribution is -2.13. The number of hydrogen-bond acceptors (Lipinski definition) is 6. The Balaban J connectivity index is 2.62. The molecule has 0 atom stereocenters. The molecule has 4 N–H and O–H groups in total. The highest BCUT2D eigenvalue weighted by atomic mass is 16.3. The number of benzene rings is 2. The summed E-state index contributed by atoms with van der Waals surface area (Å²) in [5.41, 5.74) is -0.278. The minimum Gasteiger partial charge on any atom is -0.507 e. The Morgan fingerprint density at radius 3 is 2.05 bits per heavy atom. The molecule has 0 aromatic heterocycles. The van der Waals surface area contributed by atoms with Crippen molar-refractivity contribution >= 4 is 22.3 Å². The molecule has 0 radical (unpaired) electrons. The van der Waals surface area contributed by atoms with Gasteiger partial charge >= 0.3 is 0 Å². The van der Waals surface area contributed by atoms with Gasteiger partial charge in [0.15, 0.2) is 5.78 Å². The van der Waals surface area contributed by atoms with Crippen LogP contribution in [-0.4, -0.2) is 32.0 Å². The monoisotopic (exact) mass is 304 g/mol. The first-order valence-corrected chi connectivity index (χ1v) is 6.69. The molecule has 6 heteroatoms. The molecule has 22 heavy (non-hydrogen) atoms. The van der Waals surface area contributed by atoms with Gasteiger partial charge in [-0.25, -0.2) is 0 Å². The maximum absolute atomic E-state index is 12.1. The van der Waals surface area contributed by atoms with Gasteiger partial charge in [-0.3, -0.25) is 9.59 Å². The first-order chi connectivity index (χ1) is 10.2. The second-order valence-electron chi connectivity index (χ2n) is 5.37. The fraction of sp³-hybridized carbons (Fsp3) is 0.250. The highest BCUT2D eigenvalue weighted by Gasteiger charge is 2.23. The van der Waals surface area contributed by atoms with Crippen molar-refractivity contribution in [1.82, 2.24) is 0 Å². The van der Waals surface area contributed by atoms with Crippen molar-refractivity contribution in [2.24, 2.45) is 5.92 Å². The van der Waals surface area contributed by atoms with Crippen LogP contribution in [0.5, 0.6) is 23.0 Å². The molecule has 6 nitrogen and oxygen atoms in total. The summed E-state index contributed by atoms with van der Waals surface area (Å²) in [6.45, 7) is 3.30. The maximum Gasteiger partial charge on any atom is 0.174 e. The Morgan fingerprint density at radius 1 is 0.955 bits per heavy atom. The molecule has 2 aromatic rings. The van der Waals surface area contributed by atoms with Crippen molar-refractivity contribution in [1.29, 1.82) is 0 Å². The number of carbonyl (C=O) groups is 2. The number of ketones is 2. The second kappa shape index (κ2) is 5.55. The van der Waals surface area contributed by atoms with E-state index in [0.717, 1.165) is 18.2 Å². The first kappa shape index (κ1) is 15.6. The molecule has 2 rings (SSSR count). The number of aromatic hydroxyl groups is 4. The lowest BCUT2D eigenvalue weighted by atomic mass is 9.95. The highest BCUT2D eigenvalue weighted by Crippen LogP contribution is 2.44. The van der Waals surface area contributed by atoms with Crippen LogP contribution in [0.4, 0.5) is 0 Å². The van der Waals surface area contributed by atoms with Crippen molar-refractivity contribution in [3.8, 4) is 23.0 Å². The molecule has 0 fully saturated rings. The largest absolute Gasteiger partial charge is 0.507 e. The summed E-state index contributed by atoms with van der Waals surface area (Å²) in [7, 11) is 0. The van der Waals surface area contributed by atoms with Crippen LogP contribution in [0.1, 0.15) is 30.6 Å². The quantitative estimate of drug-likeness (QED) is 0.392. The van der Waals surface area contributed by atoms with E-state index >= 15 is 0 Å². The Bertz CT molecular complexity index is 776. The minimum absolute atomic E-state index is 0.163. The summed E-state index contributed by atoms with van der Waals surface area (Å²) in [5, 5.41) is 39.3. The van der Waals surface area contributed by atoms with Gasteiger partial charge in [0.25, 0.3) is 0 Å². The summed E-state index contributed by atoms with van der Waals surface area (Å²) in [6.07, 6.45) is -0.421. The van der Waals surface area contributed by atoms with Crippen LogP contribution < -0.4 is 0 Å². The molecule has 2 aromatic carbocycles. The van der Waals surface area contributed by atoms with Gasteiger partial charge < -0.3 is 20.4 Å². The molecule has 0 saturated heterocycles. The normalized spacial score (nSPS) is 11.0. The lowest BCUT2D eigenvalue weighted by molar-refractivity contribution is -0.121. The molecule has 0 bridgehead atoms. The van der Waals surface area contributed by atoms with Crippen molar-refractivity contribution in [3.05, 3.63) is 23.8 Å². The second-order valence-corrected chi connectivity index (χ2v) is 5.37. The average molecular weight is 304 g/mol. The summed E-state index contributed by atoms with van der Waals surface area (Å²) in [4.78, 5) is 23.8. The third kappa shape index (κ3) is 2.55. The van der Waals surface area contributed by atoms with Crippen LogP contribution >= 0.6 is 0 Å². The van der Waals surface area contributed by atoms with E-state index in [2.05, 4.69) is 0 Å². The molecule has 0 aliphatic heterocycles. The molecule has 0 spiro atoms. The van der Waals surface area contributed by atoms with Gasteiger partial charge in [-0.15, -0.1) is 0 Å². The van der Waals surface area contributed by atoms with Crippen molar-refractivity contribution < 1.29 is 30.0 Å². The number of Topliss-reactive ketones (excluding diaryl/α,β-unsaturated/α-hetero) is 2. The van der Waals surface area contributed by atoms with Crippen LogP contribution in [-0.2, 0) is 4.79 Å². The Kier molecular flexibility index (Phi) is 3.95. The van der Waals surface area contributed by atoms with Gasteiger partial charge in [0.1, 0.15) is 28.8 Å². The standard InChI is InChI=1S/C16H16O6/c1-7(2)11(19)6-12(20)8-5-13(21)14-9(17)3-4-10(18)15(14)16(8)22/h3-5,7,17-18,21-22H,6H2,1-2H3. The van der Waals surface area contributed by atoms with Crippen LogP contribution in [0.25, 0.3) is 10.8 Å². The van der Waals surface area contributed by atoms with E-state index in [-0.39, 0.29) is 33.8 Å². The zero-order valence-electron chi connectivity index (χ0n) is 12.1. The van der Waals surface area contributed by atoms with E-state index in [9.17, 15) is 30.0 Å². The summed E-state index contributed by atoms with van der Waals surface area (Å²) < 4.78 is 0. The van der Waals surface area contributed by atoms with Gasteiger partial charge in [0.2, 0.25) is 0 Å². The zero-order chi connectivity index (χ0) is 16.6. The van der Waals surface area contributed by atoms with Crippen molar-refractivity contribution in [3.63, 3.8) is 0 Å². The van der Waals surface area contributed by atoms with Gasteiger partial charge in [-0.05, 0) is 18.2 Å². The maximum atomic E-state index is 12.1. The number of hydrogen-bond donors (Lipinski definition) is 4. The van der Waals surface area contributed by atoms with E-state index in [4.69, 9.17) is 0 Å². The smallest absolute Gasteiger partial charge is 0.174 e. The zero-order valence-corrected chi connectivity index (χ0v) is 12.1. The summed E-state index contributed by atoms with van der Waals surface area (Å²) >= 11 is 0. The van der Waals surface area contributed by atoms with E-state index in [1.54, 1.807) is 13.8 Å². The van der Waals surface area contributed by atoms with E-state index in [0.29, 0.717) is 0 Å². The SMILES string of the molecule is CC(C)C(=O)CC(=O)c1cc(O)c2c(O)ccc(O)c2c1O. The number of phenols is 4. The number of rotatable bonds is 4. The topological polar surface area (TPSA) is 115 Å². The lowest BCUT2D eigenvalue weighted by Gasteiger charge is -2.12. The molecule has 0 amide bonds. The minimum atomic E-state index is -0.670. The third-order valence-corrected chi connectivity index (χ3v) is 3.47. The molecule has 0 aliphatic carbocycles. The van der Waals surface area contributed by atoms with Crippen LogP contribution in [0, 0.1) is 5.92 Å². The van der Waals surface area contributed by atoms with Crippen molar-refractivity contribution in [2.75, 3.05) is 0 Å². The fourth-order valence-electron chi connectivity index (χ4n) is 2.16. The molecule has 116 valence electrons. The molecule has 0 heterocycles. The molecular formula is C16H16O6. The Hall–Kier alpha value is -2.76. The predicted molar refractivity (Wildman–Crippen MR) is 79.4 cm³/mol. The summed E-state index contributed by atoms with van der Waals surface area (Å²) in [5.74, 6) is -3.11. The average Bonchev–Trinajstić information content (AvgIpc) is 2.44. The van der Waals surface area contributed by atoms with E-state index < -0.39 is 29.5 Å². The Morgan fingerprint density at radius 2 is 1.50 bits per heavy atom. The van der Waals surface area contributed by atoms with Crippen LogP contribution in [0.3, 0.4) is 0 Å². The number of carbonyl (C=O) groups excluding carboxylic acids is 2. The molecule has 0 saturated carbocycles.